The van der Waals surface area contributed by atoms with Crippen LogP contribution in [0.4, 0.5) is 9.59 Å². The first kappa shape index (κ1) is 12.4. The predicted octanol–water partition coefficient (Wildman–Crippen LogP) is 2.15. The lowest BCUT2D eigenvalue weighted by Gasteiger charge is -2.06. The van der Waals surface area contributed by atoms with Crippen molar-refractivity contribution in [3.05, 3.63) is 30.3 Å². The van der Waals surface area contributed by atoms with E-state index in [-0.39, 0.29) is 11.8 Å². The fourth-order valence-corrected chi connectivity index (χ4v) is 1.50. The molecule has 0 aliphatic heterocycles. The van der Waals surface area contributed by atoms with E-state index in [1.54, 1.807) is 19.1 Å². The molecule has 1 aromatic rings. The summed E-state index contributed by atoms with van der Waals surface area (Å²) in [5.74, 6) is 0. The minimum absolute atomic E-state index is 0.257. The Bertz CT molecular complexity index is 356. The van der Waals surface area contributed by atoms with E-state index in [4.69, 9.17) is 0 Å². The number of ether oxygens (including phenoxy) is 1. The highest BCUT2D eigenvalue weighted by molar-refractivity contribution is 8.13. The van der Waals surface area contributed by atoms with E-state index in [9.17, 15) is 9.59 Å². The van der Waals surface area contributed by atoms with Crippen LogP contribution in [0.5, 0.6) is 0 Å². The zero-order valence-corrected chi connectivity index (χ0v) is 9.54. The Labute approximate surface area is 97.5 Å². The molecule has 0 saturated carbocycles. The van der Waals surface area contributed by atoms with Gasteiger partial charge in [0, 0.05) is 4.90 Å². The van der Waals surface area contributed by atoms with Crippen LogP contribution in [0.1, 0.15) is 6.92 Å². The van der Waals surface area contributed by atoms with Crippen molar-refractivity contribution in [2.45, 2.75) is 11.8 Å². The molecule has 1 rings (SSSR count). The zero-order valence-electron chi connectivity index (χ0n) is 8.73. The number of rotatable bonds is 2. The molecular weight excluding hydrogens is 228 g/mol. The van der Waals surface area contributed by atoms with E-state index in [1.165, 1.54) is 0 Å². The first-order chi connectivity index (χ1) is 7.72. The van der Waals surface area contributed by atoms with Gasteiger partial charge in [-0.1, -0.05) is 18.2 Å². The van der Waals surface area contributed by atoms with Gasteiger partial charge >= 0.3 is 11.3 Å². The lowest BCUT2D eigenvalue weighted by molar-refractivity contribution is 0.148. The number of nitrogens with one attached hydrogen (secondary N) is 2. The average molecular weight is 240 g/mol. The fraction of sp³-hybridized carbons (Fsp3) is 0.200. The van der Waals surface area contributed by atoms with Crippen LogP contribution in [-0.2, 0) is 4.74 Å². The van der Waals surface area contributed by atoms with Gasteiger partial charge in [0.1, 0.15) is 0 Å². The highest BCUT2D eigenvalue weighted by Gasteiger charge is 2.05. The number of benzene rings is 1. The quantitative estimate of drug-likeness (QED) is 0.614. The minimum Gasteiger partial charge on any atom is -0.449 e. The Balaban J connectivity index is 2.29. The maximum Gasteiger partial charge on any atom is 0.426 e. The molecule has 0 heterocycles. The number of carbonyl (C=O) groups excluding carboxylic acids is 2. The van der Waals surface area contributed by atoms with Crippen LogP contribution in [0.2, 0.25) is 0 Å². The van der Waals surface area contributed by atoms with Crippen molar-refractivity contribution >= 4 is 23.1 Å². The summed E-state index contributed by atoms with van der Waals surface area (Å²) >= 11 is 0.983. The van der Waals surface area contributed by atoms with E-state index in [0.29, 0.717) is 0 Å². The third-order valence-electron chi connectivity index (χ3n) is 1.50. The molecule has 0 fully saturated rings. The molecule has 0 saturated heterocycles. The molecule has 0 bridgehead atoms. The maximum absolute atomic E-state index is 11.3. The van der Waals surface area contributed by atoms with Gasteiger partial charge in [-0.05, 0) is 30.8 Å². The zero-order chi connectivity index (χ0) is 11.8. The topological polar surface area (TPSA) is 67.4 Å². The molecule has 2 N–H and O–H groups in total. The molecule has 86 valence electrons. The van der Waals surface area contributed by atoms with E-state index in [0.717, 1.165) is 16.7 Å². The van der Waals surface area contributed by atoms with Gasteiger partial charge in [-0.25, -0.2) is 10.2 Å². The van der Waals surface area contributed by atoms with Gasteiger partial charge in [0.2, 0.25) is 0 Å². The second kappa shape index (κ2) is 6.73. The van der Waals surface area contributed by atoms with Crippen LogP contribution in [0.3, 0.4) is 0 Å². The van der Waals surface area contributed by atoms with E-state index < -0.39 is 6.09 Å². The standard InChI is InChI=1S/C10H12N2O3S/c1-2-15-9(13)11-12-10(14)16-8-6-4-3-5-7-8/h3-7H,2H2,1H3,(H,11,13)(H,12,14). The number of hydrogen-bond donors (Lipinski definition) is 2. The van der Waals surface area contributed by atoms with Gasteiger partial charge in [0.25, 0.3) is 0 Å². The largest absolute Gasteiger partial charge is 0.449 e. The minimum atomic E-state index is -0.676. The summed E-state index contributed by atoms with van der Waals surface area (Å²) in [4.78, 5) is 22.9. The van der Waals surface area contributed by atoms with Gasteiger partial charge in [-0.15, -0.1) is 0 Å². The number of carbonyl (C=O) groups is 2. The molecule has 16 heavy (non-hydrogen) atoms. The third-order valence-corrected chi connectivity index (χ3v) is 2.29. The van der Waals surface area contributed by atoms with Gasteiger partial charge in [0.15, 0.2) is 0 Å². The SMILES string of the molecule is CCOC(=O)NNC(=O)Sc1ccccc1. The fourth-order valence-electron chi connectivity index (χ4n) is 0.890. The molecule has 0 radical (unpaired) electrons. The van der Waals surface area contributed by atoms with Crippen molar-refractivity contribution in [3.8, 4) is 0 Å². The second-order valence-corrected chi connectivity index (χ2v) is 3.72. The summed E-state index contributed by atoms with van der Waals surface area (Å²) in [6.45, 7) is 1.94. The Morgan fingerprint density at radius 1 is 1.25 bits per heavy atom. The molecule has 1 aromatic carbocycles. The van der Waals surface area contributed by atoms with Crippen LogP contribution in [0.15, 0.2) is 35.2 Å². The van der Waals surface area contributed by atoms with E-state index in [1.807, 2.05) is 18.2 Å². The highest BCUT2D eigenvalue weighted by atomic mass is 32.2. The molecule has 2 amide bonds. The van der Waals surface area contributed by atoms with Crippen LogP contribution in [-0.4, -0.2) is 17.9 Å². The van der Waals surface area contributed by atoms with Gasteiger partial charge < -0.3 is 4.74 Å². The number of amides is 2. The normalized spacial score (nSPS) is 9.31. The Morgan fingerprint density at radius 3 is 2.56 bits per heavy atom. The molecule has 0 atom stereocenters. The van der Waals surface area contributed by atoms with E-state index in [2.05, 4.69) is 15.6 Å². The molecular formula is C10H12N2O3S. The molecule has 0 aromatic heterocycles. The second-order valence-electron chi connectivity index (χ2n) is 2.67. The monoisotopic (exact) mass is 240 g/mol. The molecule has 0 aliphatic rings. The highest BCUT2D eigenvalue weighted by Crippen LogP contribution is 2.16. The van der Waals surface area contributed by atoms with Crippen LogP contribution >= 0.6 is 11.8 Å². The van der Waals surface area contributed by atoms with E-state index >= 15 is 0 Å². The van der Waals surface area contributed by atoms with Crippen molar-refractivity contribution in [3.63, 3.8) is 0 Å². The first-order valence-electron chi connectivity index (χ1n) is 4.68. The maximum atomic E-state index is 11.3. The lowest BCUT2D eigenvalue weighted by atomic mass is 10.4. The molecule has 0 aliphatic carbocycles. The van der Waals surface area contributed by atoms with Crippen LogP contribution in [0, 0.1) is 0 Å². The molecule has 5 nitrogen and oxygen atoms in total. The smallest absolute Gasteiger partial charge is 0.426 e. The van der Waals surface area contributed by atoms with Crippen molar-refractivity contribution < 1.29 is 14.3 Å². The summed E-state index contributed by atoms with van der Waals surface area (Å²) in [5.41, 5.74) is 4.34. The van der Waals surface area contributed by atoms with Crippen LogP contribution < -0.4 is 10.9 Å². The molecule has 0 unspecified atom stereocenters. The summed E-state index contributed by atoms with van der Waals surface area (Å²) in [6.07, 6.45) is -0.676. The summed E-state index contributed by atoms with van der Waals surface area (Å²) < 4.78 is 4.57. The number of hydrazine groups is 1. The van der Waals surface area contributed by atoms with Gasteiger partial charge in [-0.3, -0.25) is 10.2 Å². The lowest BCUT2D eigenvalue weighted by Crippen LogP contribution is -2.39. The van der Waals surface area contributed by atoms with Gasteiger partial charge in [-0.2, -0.15) is 0 Å². The van der Waals surface area contributed by atoms with Crippen molar-refractivity contribution in [2.24, 2.45) is 0 Å². The molecule has 6 heteroatoms. The summed E-state index contributed by atoms with van der Waals surface area (Å²) in [6, 6.07) is 9.12. The third kappa shape index (κ3) is 4.70. The average Bonchev–Trinajstić information content (AvgIpc) is 2.28. The summed E-state index contributed by atoms with van der Waals surface area (Å²) in [5, 5.41) is -0.376. The van der Waals surface area contributed by atoms with Crippen molar-refractivity contribution in [1.82, 2.24) is 10.9 Å². The summed E-state index contributed by atoms with van der Waals surface area (Å²) in [7, 11) is 0. The van der Waals surface area contributed by atoms with Crippen molar-refractivity contribution in [1.29, 1.82) is 0 Å². The molecule has 0 spiro atoms. The number of hydrogen-bond acceptors (Lipinski definition) is 4. The van der Waals surface area contributed by atoms with Gasteiger partial charge in [0.05, 0.1) is 6.61 Å². The first-order valence-corrected chi connectivity index (χ1v) is 5.49. The number of thioether (sulfide) groups is 1. The Morgan fingerprint density at radius 2 is 1.94 bits per heavy atom. The predicted molar refractivity (Wildman–Crippen MR) is 61.0 cm³/mol. The van der Waals surface area contributed by atoms with Crippen LogP contribution in [0.25, 0.3) is 0 Å². The Hall–Kier alpha value is -1.69. The Kier molecular flexibility index (Phi) is 5.21. The van der Waals surface area contributed by atoms with Crippen molar-refractivity contribution in [2.75, 3.05) is 6.61 Å².